The van der Waals surface area contributed by atoms with Crippen molar-refractivity contribution in [2.24, 2.45) is 17.2 Å². The monoisotopic (exact) mass is 460 g/mol. The van der Waals surface area contributed by atoms with E-state index in [9.17, 15) is 28.8 Å². The Morgan fingerprint density at radius 3 is 2.19 bits per heavy atom. The second-order valence-electron chi connectivity index (χ2n) is 7.13. The van der Waals surface area contributed by atoms with Crippen LogP contribution in [0.1, 0.15) is 52.7 Å². The van der Waals surface area contributed by atoms with Crippen LogP contribution in [0.5, 0.6) is 0 Å². The minimum absolute atomic E-state index is 0.141. The minimum atomic E-state index is -1.28. The maximum atomic E-state index is 12.7. The minimum Gasteiger partial charge on any atom is -0.481 e. The second-order valence-corrected chi connectivity index (χ2v) is 7.13. The number of primary amides is 1. The Morgan fingerprint density at radius 1 is 0.969 bits per heavy atom. The molecule has 0 aliphatic rings. The van der Waals surface area contributed by atoms with E-state index in [2.05, 4.69) is 16.0 Å². The number of amides is 4. The number of rotatable bonds is 18. The van der Waals surface area contributed by atoms with Crippen molar-refractivity contribution in [2.75, 3.05) is 13.1 Å². The molecule has 0 aromatic heterocycles. The smallest absolute Gasteiger partial charge is 0.303 e. The lowest BCUT2D eigenvalue weighted by Gasteiger charge is -2.23. The predicted octanol–water partition coefficient (Wildman–Crippen LogP) is -2.75. The first-order chi connectivity index (χ1) is 15.5. The summed E-state index contributed by atoms with van der Waals surface area (Å²) in [5.74, 6) is -4.11. The maximum Gasteiger partial charge on any atom is 0.303 e. The van der Waals surface area contributed by atoms with Gasteiger partial charge < -0.3 is 43.1 Å². The molecular formula is C19H34N6O7. The first-order valence-corrected chi connectivity index (χ1v) is 10.3. The Kier molecular flexibility index (Phi) is 14.0. The lowest BCUT2D eigenvalue weighted by atomic mass is 10.1. The zero-order chi connectivity index (χ0) is 25.4. The van der Waals surface area contributed by atoms with Gasteiger partial charge in [-0.3, -0.25) is 24.0 Å². The van der Waals surface area contributed by atoms with Crippen molar-refractivity contribution in [1.29, 1.82) is 0 Å². The average molecular weight is 461 g/mol. The third-order valence-electron chi connectivity index (χ3n) is 4.45. The number of nitrogens with two attached hydrogens (primary N) is 3. The molecule has 13 heteroatoms. The Labute approximate surface area is 187 Å². The van der Waals surface area contributed by atoms with Crippen LogP contribution in [0.15, 0.2) is 0 Å². The number of carboxylic acid groups (broad SMARTS) is 1. The highest BCUT2D eigenvalue weighted by atomic mass is 16.4. The molecule has 13 nitrogen and oxygen atoms in total. The van der Waals surface area contributed by atoms with Crippen LogP contribution >= 0.6 is 0 Å². The largest absolute Gasteiger partial charge is 0.481 e. The normalized spacial score (nSPS) is 13.8. The van der Waals surface area contributed by atoms with E-state index < -0.39 is 48.1 Å². The molecule has 0 spiro atoms. The summed E-state index contributed by atoms with van der Waals surface area (Å²) in [6, 6.07) is -3.76. The van der Waals surface area contributed by atoms with Crippen molar-refractivity contribution >= 4 is 35.9 Å². The molecule has 3 atom stereocenters. The molecule has 4 amide bonds. The van der Waals surface area contributed by atoms with Crippen LogP contribution < -0.4 is 33.2 Å². The molecule has 0 aromatic carbocycles. The van der Waals surface area contributed by atoms with Crippen LogP contribution in [0.3, 0.4) is 0 Å². The first-order valence-electron chi connectivity index (χ1n) is 10.8. The van der Waals surface area contributed by atoms with Crippen molar-refractivity contribution in [3.63, 3.8) is 0 Å². The highest BCUT2D eigenvalue weighted by Gasteiger charge is 2.27. The number of aldehydes is 1. The van der Waals surface area contributed by atoms with E-state index in [1.165, 1.54) is 0 Å². The van der Waals surface area contributed by atoms with E-state index in [4.69, 9.17) is 23.7 Å². The first kappa shape index (κ1) is 27.0. The van der Waals surface area contributed by atoms with Crippen LogP contribution in [0.2, 0.25) is 0 Å². The number of hydrogen-bond donors (Lipinski definition) is 7. The van der Waals surface area contributed by atoms with Gasteiger partial charge in [-0.05, 0) is 38.6 Å². The molecule has 0 saturated heterocycles. The van der Waals surface area contributed by atoms with Crippen LogP contribution in [0.25, 0.3) is 0 Å². The van der Waals surface area contributed by atoms with Gasteiger partial charge in [0.2, 0.25) is 23.6 Å². The summed E-state index contributed by atoms with van der Waals surface area (Å²) in [6.07, 6.45) is -0.890. The summed E-state index contributed by atoms with van der Waals surface area (Å²) >= 11 is 0. The zero-order valence-electron chi connectivity index (χ0n) is 18.9. The highest BCUT2D eigenvalue weighted by Crippen LogP contribution is 2.04. The molecule has 3 unspecified atom stereocenters. The summed E-state index contributed by atoms with van der Waals surface area (Å²) in [7, 11) is 0. The van der Waals surface area contributed by atoms with Gasteiger partial charge in [0.25, 0.3) is 0 Å². The molecule has 0 aromatic rings. The summed E-state index contributed by atoms with van der Waals surface area (Å²) in [4.78, 5) is 70.2. The molecule has 0 bridgehead atoms. The molecule has 182 valence electrons. The summed E-state index contributed by atoms with van der Waals surface area (Å²) in [5.41, 5.74) is 16.3. The van der Waals surface area contributed by atoms with Crippen LogP contribution in [0, 0.1) is 0 Å². The number of hydrogen-bond acceptors (Lipinski definition) is 8. The predicted molar refractivity (Wildman–Crippen MR) is 114 cm³/mol. The fourth-order valence-electron chi connectivity index (χ4n) is 2.58. The highest BCUT2D eigenvalue weighted by molar-refractivity contribution is 5.93. The van der Waals surface area contributed by atoms with E-state index in [-0.39, 0.29) is 44.4 Å². The fourth-order valence-corrected chi connectivity index (χ4v) is 2.58. The molecule has 0 aliphatic carbocycles. The van der Waals surface area contributed by atoms with Gasteiger partial charge >= 0.3 is 5.97 Å². The fraction of sp³-hybridized carbons (Fsp3) is 0.684. The molecule has 0 heterocycles. The average Bonchev–Trinajstić information content (AvgIpc) is 2.74. The molecule has 0 rings (SSSR count). The van der Waals surface area contributed by atoms with Gasteiger partial charge in [-0.25, -0.2) is 0 Å². The van der Waals surface area contributed by atoms with Gasteiger partial charge in [0.05, 0.1) is 6.04 Å². The maximum absolute atomic E-state index is 12.7. The van der Waals surface area contributed by atoms with Crippen molar-refractivity contribution in [3.05, 3.63) is 0 Å². The summed E-state index contributed by atoms with van der Waals surface area (Å²) in [5, 5.41) is 16.0. The SMILES string of the molecule is [3H]C(=O)CCC(NC(=O)C(CCC(=O)NCCCCN)NC(=O)C(N)CCC(=O)O)C(N)=O. The lowest BCUT2D eigenvalue weighted by Crippen LogP contribution is -2.55. The number of aliphatic carboxylic acids is 1. The molecule has 0 radical (unpaired) electrons. The van der Waals surface area contributed by atoms with E-state index in [1.54, 1.807) is 0 Å². The van der Waals surface area contributed by atoms with Crippen molar-refractivity contribution in [3.8, 4) is 0 Å². The quantitative estimate of drug-likeness (QED) is 0.0827. The third-order valence-corrected chi connectivity index (χ3v) is 4.45. The zero-order valence-corrected chi connectivity index (χ0v) is 17.9. The van der Waals surface area contributed by atoms with E-state index in [0.717, 1.165) is 6.42 Å². The Morgan fingerprint density at radius 2 is 1.62 bits per heavy atom. The van der Waals surface area contributed by atoms with Crippen molar-refractivity contribution in [2.45, 2.75) is 69.5 Å². The van der Waals surface area contributed by atoms with Gasteiger partial charge in [-0.1, -0.05) is 0 Å². The number of carbonyl (C=O) groups is 6. The molecule has 32 heavy (non-hydrogen) atoms. The molecule has 0 fully saturated rings. The summed E-state index contributed by atoms with van der Waals surface area (Å²) < 4.78 is 6.92. The number of carbonyl (C=O) groups excluding carboxylic acids is 5. The van der Waals surface area contributed by atoms with Crippen LogP contribution in [-0.2, 0) is 28.8 Å². The Balaban J connectivity index is 5.16. The standard InChI is InChI=1S/C19H34N6O7/c20-9-1-2-10-23-15(27)7-6-14(25-18(31)12(21)5-8-16(28)29)19(32)24-13(17(22)30)4-3-11-26/h11-14H,1-10,20-21H2,(H2,22,30)(H,23,27)(H,24,32)(H,25,31)(H,28,29)/i11T. The molecule has 0 aliphatic heterocycles. The van der Waals surface area contributed by atoms with E-state index in [1.807, 2.05) is 0 Å². The van der Waals surface area contributed by atoms with Gasteiger partial charge in [-0.2, -0.15) is 0 Å². The van der Waals surface area contributed by atoms with Crippen molar-refractivity contribution in [1.82, 2.24) is 16.0 Å². The number of nitrogens with one attached hydrogen (secondary N) is 3. The van der Waals surface area contributed by atoms with E-state index >= 15 is 0 Å². The van der Waals surface area contributed by atoms with Crippen LogP contribution in [0.4, 0.5) is 0 Å². The Hall–Kier alpha value is -3.06. The van der Waals surface area contributed by atoms with Crippen LogP contribution in [-0.4, -0.2) is 72.2 Å². The molecular weight excluding hydrogens is 424 g/mol. The lowest BCUT2D eigenvalue weighted by molar-refractivity contribution is -0.137. The second kappa shape index (κ2) is 16.6. The van der Waals surface area contributed by atoms with Gasteiger partial charge in [0.1, 0.15) is 19.7 Å². The van der Waals surface area contributed by atoms with E-state index in [0.29, 0.717) is 19.5 Å². The Bertz CT molecular complexity index is 706. The van der Waals surface area contributed by atoms with Gasteiger partial charge in [0.15, 0.2) is 0 Å². The number of carboxylic acids is 1. The topological polar surface area (TPSA) is 237 Å². The summed E-state index contributed by atoms with van der Waals surface area (Å²) in [6.45, 7) is 0.878. The number of unbranched alkanes of at least 4 members (excludes halogenated alkanes) is 1. The van der Waals surface area contributed by atoms with Gasteiger partial charge in [-0.15, -0.1) is 0 Å². The third kappa shape index (κ3) is 13.3. The molecule has 10 N–H and O–H groups in total. The van der Waals surface area contributed by atoms with Crippen molar-refractivity contribution < 1.29 is 35.2 Å². The van der Waals surface area contributed by atoms with Gasteiger partial charge in [0, 0.05) is 25.8 Å². The molecule has 0 saturated carbocycles.